The van der Waals surface area contributed by atoms with Gasteiger partial charge in [0.1, 0.15) is 0 Å². The molecular formula is C14H13NO3. The lowest BCUT2D eigenvalue weighted by molar-refractivity contribution is -0.152. The van der Waals surface area contributed by atoms with Crippen LogP contribution in [0.3, 0.4) is 0 Å². The SMILES string of the molecule is C=C1CC2Cc3ncccc3C(C(=O)O)(C1)C2=O. The Hall–Kier alpha value is -1.97. The van der Waals surface area contributed by atoms with Crippen molar-refractivity contribution in [3.63, 3.8) is 0 Å². The van der Waals surface area contributed by atoms with Crippen LogP contribution in [0.1, 0.15) is 24.1 Å². The maximum Gasteiger partial charge on any atom is 0.322 e. The Labute approximate surface area is 104 Å². The highest BCUT2D eigenvalue weighted by Crippen LogP contribution is 2.47. The Morgan fingerprint density at radius 2 is 2.28 bits per heavy atom. The molecule has 1 heterocycles. The summed E-state index contributed by atoms with van der Waals surface area (Å²) in [6.45, 7) is 3.90. The minimum atomic E-state index is -1.44. The van der Waals surface area contributed by atoms with E-state index < -0.39 is 11.4 Å². The number of carbonyl (C=O) groups excluding carboxylic acids is 1. The van der Waals surface area contributed by atoms with E-state index in [2.05, 4.69) is 11.6 Å². The third kappa shape index (κ3) is 1.23. The molecule has 0 amide bonds. The molecule has 1 aromatic heterocycles. The molecule has 1 N–H and O–H groups in total. The van der Waals surface area contributed by atoms with Gasteiger partial charge in [0.25, 0.3) is 0 Å². The first-order chi connectivity index (χ1) is 8.55. The molecule has 1 saturated carbocycles. The molecule has 2 bridgehead atoms. The van der Waals surface area contributed by atoms with Crippen molar-refractivity contribution in [2.45, 2.75) is 24.7 Å². The van der Waals surface area contributed by atoms with Crippen LogP contribution in [-0.2, 0) is 21.4 Å². The lowest BCUT2D eigenvalue weighted by Crippen LogP contribution is -2.54. The zero-order chi connectivity index (χ0) is 12.9. The molecule has 4 nitrogen and oxygen atoms in total. The van der Waals surface area contributed by atoms with Gasteiger partial charge in [0.2, 0.25) is 0 Å². The molecular weight excluding hydrogens is 230 g/mol. The highest BCUT2D eigenvalue weighted by molar-refractivity contribution is 6.12. The number of aromatic nitrogens is 1. The Morgan fingerprint density at radius 1 is 1.50 bits per heavy atom. The predicted octanol–water partition coefficient (Wildman–Crippen LogP) is 1.50. The first-order valence-electron chi connectivity index (χ1n) is 5.94. The Morgan fingerprint density at radius 3 is 3.00 bits per heavy atom. The van der Waals surface area contributed by atoms with Crippen LogP contribution >= 0.6 is 0 Å². The van der Waals surface area contributed by atoms with E-state index in [-0.39, 0.29) is 18.1 Å². The molecule has 0 radical (unpaired) electrons. The van der Waals surface area contributed by atoms with E-state index in [1.165, 1.54) is 0 Å². The van der Waals surface area contributed by atoms with E-state index in [1.54, 1.807) is 18.3 Å². The number of ketones is 1. The second-order valence-corrected chi connectivity index (χ2v) is 5.10. The molecule has 2 aliphatic carbocycles. The number of Topliss-reactive ketones (excluding diaryl/α,β-unsaturated/α-hetero) is 1. The summed E-state index contributed by atoms with van der Waals surface area (Å²) in [5, 5.41) is 9.59. The monoisotopic (exact) mass is 243 g/mol. The molecule has 92 valence electrons. The summed E-state index contributed by atoms with van der Waals surface area (Å²) in [5.74, 6) is -1.53. The number of aliphatic carboxylic acids is 1. The number of fused-ring (bicyclic) bond motifs is 4. The van der Waals surface area contributed by atoms with E-state index in [0.717, 1.165) is 11.3 Å². The van der Waals surface area contributed by atoms with Crippen molar-refractivity contribution in [1.29, 1.82) is 0 Å². The van der Waals surface area contributed by atoms with E-state index in [4.69, 9.17) is 0 Å². The summed E-state index contributed by atoms with van der Waals surface area (Å²) in [7, 11) is 0. The molecule has 3 rings (SSSR count). The number of hydrogen-bond acceptors (Lipinski definition) is 3. The number of carbonyl (C=O) groups is 2. The van der Waals surface area contributed by atoms with Gasteiger partial charge in [0.05, 0.1) is 0 Å². The van der Waals surface area contributed by atoms with Gasteiger partial charge in [-0.05, 0) is 24.5 Å². The minimum Gasteiger partial charge on any atom is -0.480 e. The summed E-state index contributed by atoms with van der Waals surface area (Å²) in [6.07, 6.45) is 2.97. The summed E-state index contributed by atoms with van der Waals surface area (Å²) in [4.78, 5) is 28.4. The lowest BCUT2D eigenvalue weighted by Gasteiger charge is -2.42. The van der Waals surface area contributed by atoms with Crippen LogP contribution in [0.15, 0.2) is 30.5 Å². The van der Waals surface area contributed by atoms with Crippen molar-refractivity contribution >= 4 is 11.8 Å². The van der Waals surface area contributed by atoms with E-state index >= 15 is 0 Å². The first kappa shape index (κ1) is 11.1. The van der Waals surface area contributed by atoms with Gasteiger partial charge in [-0.3, -0.25) is 14.6 Å². The maximum atomic E-state index is 12.4. The van der Waals surface area contributed by atoms with Gasteiger partial charge in [-0.2, -0.15) is 0 Å². The van der Waals surface area contributed by atoms with Crippen LogP contribution in [-0.4, -0.2) is 21.8 Å². The van der Waals surface area contributed by atoms with E-state index in [0.29, 0.717) is 18.4 Å². The van der Waals surface area contributed by atoms with E-state index in [9.17, 15) is 14.7 Å². The molecule has 2 unspecified atom stereocenters. The zero-order valence-corrected chi connectivity index (χ0v) is 9.85. The molecule has 0 aromatic carbocycles. The largest absolute Gasteiger partial charge is 0.480 e. The number of carboxylic acids is 1. The van der Waals surface area contributed by atoms with Crippen molar-refractivity contribution in [3.8, 4) is 0 Å². The molecule has 2 aliphatic rings. The van der Waals surface area contributed by atoms with Crippen molar-refractivity contribution in [1.82, 2.24) is 4.98 Å². The molecule has 1 aromatic rings. The molecule has 0 aliphatic heterocycles. The highest BCUT2D eigenvalue weighted by Gasteiger charge is 2.56. The fourth-order valence-electron chi connectivity index (χ4n) is 3.24. The van der Waals surface area contributed by atoms with Gasteiger partial charge in [-0.1, -0.05) is 18.2 Å². The van der Waals surface area contributed by atoms with Crippen LogP contribution < -0.4 is 0 Å². The van der Waals surface area contributed by atoms with Crippen molar-refractivity contribution in [3.05, 3.63) is 41.7 Å². The summed E-state index contributed by atoms with van der Waals surface area (Å²) in [6, 6.07) is 3.40. The second-order valence-electron chi connectivity index (χ2n) is 5.10. The van der Waals surface area contributed by atoms with Crippen molar-refractivity contribution < 1.29 is 14.7 Å². The standard InChI is InChI=1S/C14H13NO3/c1-8-5-9-6-11-10(3-2-4-15-11)14(7-8,12(9)16)13(17)18/h2-4,9H,1,5-7H2,(H,17,18). The van der Waals surface area contributed by atoms with Crippen LogP contribution in [0.25, 0.3) is 0 Å². The second kappa shape index (κ2) is 3.51. The van der Waals surface area contributed by atoms with Gasteiger partial charge in [-0.25, -0.2) is 0 Å². The number of hydrogen-bond donors (Lipinski definition) is 1. The smallest absolute Gasteiger partial charge is 0.322 e. The molecule has 2 atom stereocenters. The number of nitrogens with zero attached hydrogens (tertiary/aromatic N) is 1. The molecule has 0 saturated heterocycles. The van der Waals surface area contributed by atoms with Crippen LogP contribution in [0.4, 0.5) is 0 Å². The van der Waals surface area contributed by atoms with Gasteiger partial charge in [0.15, 0.2) is 11.2 Å². The van der Waals surface area contributed by atoms with Crippen LogP contribution in [0.2, 0.25) is 0 Å². The number of pyridine rings is 1. The van der Waals surface area contributed by atoms with E-state index in [1.807, 2.05) is 0 Å². The molecule has 0 spiro atoms. The number of carboxylic acid groups (broad SMARTS) is 1. The lowest BCUT2D eigenvalue weighted by atomic mass is 9.58. The Bertz CT molecular complexity index is 578. The topological polar surface area (TPSA) is 67.3 Å². The first-order valence-corrected chi connectivity index (χ1v) is 5.94. The summed E-state index contributed by atoms with van der Waals surface area (Å²) >= 11 is 0. The minimum absolute atomic E-state index is 0.178. The van der Waals surface area contributed by atoms with Gasteiger partial charge in [0, 0.05) is 24.2 Å². The average molecular weight is 243 g/mol. The highest BCUT2D eigenvalue weighted by atomic mass is 16.4. The third-order valence-corrected chi connectivity index (χ3v) is 4.00. The maximum absolute atomic E-state index is 12.4. The number of allylic oxidation sites excluding steroid dienone is 1. The third-order valence-electron chi connectivity index (χ3n) is 4.00. The molecule has 4 heteroatoms. The van der Waals surface area contributed by atoms with Crippen molar-refractivity contribution in [2.24, 2.45) is 5.92 Å². The Balaban J connectivity index is 2.30. The zero-order valence-electron chi connectivity index (χ0n) is 9.85. The normalized spacial score (nSPS) is 29.9. The Kier molecular flexibility index (Phi) is 2.17. The summed E-state index contributed by atoms with van der Waals surface area (Å²) < 4.78 is 0. The number of rotatable bonds is 1. The quantitative estimate of drug-likeness (QED) is 0.599. The van der Waals surface area contributed by atoms with Gasteiger partial charge in [-0.15, -0.1) is 0 Å². The molecule has 1 fully saturated rings. The fraction of sp³-hybridized carbons (Fsp3) is 0.357. The van der Waals surface area contributed by atoms with Crippen LogP contribution in [0.5, 0.6) is 0 Å². The summed E-state index contributed by atoms with van der Waals surface area (Å²) in [5.41, 5.74) is 0.704. The predicted molar refractivity (Wildman–Crippen MR) is 64.1 cm³/mol. The van der Waals surface area contributed by atoms with Crippen molar-refractivity contribution in [2.75, 3.05) is 0 Å². The van der Waals surface area contributed by atoms with Gasteiger partial charge < -0.3 is 5.11 Å². The fourth-order valence-corrected chi connectivity index (χ4v) is 3.24. The van der Waals surface area contributed by atoms with Crippen LogP contribution in [0, 0.1) is 5.92 Å². The molecule has 18 heavy (non-hydrogen) atoms. The van der Waals surface area contributed by atoms with Gasteiger partial charge >= 0.3 is 5.97 Å². The average Bonchev–Trinajstić information content (AvgIpc) is 2.31.